The summed E-state index contributed by atoms with van der Waals surface area (Å²) in [4.78, 5) is 36.2. The highest BCUT2D eigenvalue weighted by Gasteiger charge is 2.29. The lowest BCUT2D eigenvalue weighted by molar-refractivity contribution is -0.137. The van der Waals surface area contributed by atoms with Gasteiger partial charge in [0.05, 0.1) is 0 Å². The van der Waals surface area contributed by atoms with E-state index in [2.05, 4.69) is 29.7 Å². The Labute approximate surface area is 200 Å². The summed E-state index contributed by atoms with van der Waals surface area (Å²) in [6.45, 7) is 2.77. The maximum absolute atomic E-state index is 12.6. The third kappa shape index (κ3) is 6.83. The fraction of sp³-hybridized carbons (Fsp3) is 0.444. The summed E-state index contributed by atoms with van der Waals surface area (Å²) in [6, 6.07) is 15.1. The smallest absolute Gasteiger partial charge is 0.407 e. The predicted octanol–water partition coefficient (Wildman–Crippen LogP) is 4.85. The number of carboxylic acids is 1. The van der Waals surface area contributed by atoms with Gasteiger partial charge in [0.15, 0.2) is 0 Å². The number of carbonyl (C=O) groups is 3. The molecule has 0 fully saturated rings. The number of rotatable bonds is 13. The highest BCUT2D eigenvalue weighted by Crippen LogP contribution is 2.44. The van der Waals surface area contributed by atoms with Crippen molar-refractivity contribution in [2.75, 3.05) is 13.2 Å². The number of hydrogen-bond donors (Lipinski definition) is 3. The van der Waals surface area contributed by atoms with Crippen LogP contribution in [0.1, 0.15) is 68.9 Å². The Morgan fingerprint density at radius 1 is 0.941 bits per heavy atom. The molecular formula is C27H34N2O5. The van der Waals surface area contributed by atoms with Gasteiger partial charge in [-0.05, 0) is 35.1 Å². The Hall–Kier alpha value is -3.35. The van der Waals surface area contributed by atoms with E-state index in [1.54, 1.807) is 0 Å². The van der Waals surface area contributed by atoms with E-state index < -0.39 is 18.1 Å². The van der Waals surface area contributed by atoms with Crippen LogP contribution < -0.4 is 10.6 Å². The number of hydrogen-bond acceptors (Lipinski definition) is 4. The zero-order valence-corrected chi connectivity index (χ0v) is 19.7. The van der Waals surface area contributed by atoms with Crippen LogP contribution in [0.15, 0.2) is 48.5 Å². The summed E-state index contributed by atoms with van der Waals surface area (Å²) in [7, 11) is 0. The second-order valence-corrected chi connectivity index (χ2v) is 8.66. The van der Waals surface area contributed by atoms with Gasteiger partial charge in [0.25, 0.3) is 0 Å². The third-order valence-electron chi connectivity index (χ3n) is 6.18. The first-order chi connectivity index (χ1) is 16.5. The van der Waals surface area contributed by atoms with E-state index in [9.17, 15) is 14.4 Å². The molecule has 3 N–H and O–H groups in total. The molecule has 1 atom stereocenters. The number of amides is 2. The molecule has 7 heteroatoms. The molecule has 1 aliphatic carbocycles. The van der Waals surface area contributed by atoms with E-state index in [4.69, 9.17) is 9.84 Å². The molecule has 2 aromatic carbocycles. The number of fused-ring (bicyclic) bond motifs is 3. The van der Waals surface area contributed by atoms with E-state index in [0.717, 1.165) is 47.9 Å². The number of aliphatic carboxylic acids is 1. The number of benzene rings is 2. The van der Waals surface area contributed by atoms with Crippen LogP contribution in [0.3, 0.4) is 0 Å². The SMILES string of the molecule is CCCCCCCNC(=O)[C@H](CCC(=O)O)NC(=O)OCC1c2ccccc2-c2ccccc21. The Morgan fingerprint density at radius 2 is 1.56 bits per heavy atom. The topological polar surface area (TPSA) is 105 Å². The molecule has 2 aromatic rings. The van der Waals surface area contributed by atoms with Crippen molar-refractivity contribution in [3.8, 4) is 11.1 Å². The van der Waals surface area contributed by atoms with E-state index in [0.29, 0.717) is 6.54 Å². The molecular weight excluding hydrogens is 432 g/mol. The zero-order chi connectivity index (χ0) is 24.3. The molecule has 182 valence electrons. The quantitative estimate of drug-likeness (QED) is 0.366. The first-order valence-corrected chi connectivity index (χ1v) is 12.1. The Kier molecular flexibility index (Phi) is 9.50. The molecule has 0 unspecified atom stereocenters. The van der Waals surface area contributed by atoms with Gasteiger partial charge in [-0.1, -0.05) is 81.1 Å². The minimum atomic E-state index is -1.02. The van der Waals surface area contributed by atoms with E-state index >= 15 is 0 Å². The number of carboxylic acid groups (broad SMARTS) is 1. The average molecular weight is 467 g/mol. The molecule has 0 heterocycles. The van der Waals surface area contributed by atoms with Crippen molar-refractivity contribution in [1.82, 2.24) is 10.6 Å². The zero-order valence-electron chi connectivity index (χ0n) is 19.7. The number of nitrogens with one attached hydrogen (secondary N) is 2. The van der Waals surface area contributed by atoms with Crippen LogP contribution in [-0.4, -0.2) is 42.3 Å². The molecule has 0 spiro atoms. The average Bonchev–Trinajstić information content (AvgIpc) is 3.16. The van der Waals surface area contributed by atoms with Gasteiger partial charge in [0.2, 0.25) is 5.91 Å². The first kappa shape index (κ1) is 25.3. The highest BCUT2D eigenvalue weighted by atomic mass is 16.5. The molecule has 7 nitrogen and oxygen atoms in total. The largest absolute Gasteiger partial charge is 0.481 e. The summed E-state index contributed by atoms with van der Waals surface area (Å²) in [5.41, 5.74) is 4.45. The lowest BCUT2D eigenvalue weighted by Crippen LogP contribution is -2.47. The fourth-order valence-electron chi connectivity index (χ4n) is 4.38. The second-order valence-electron chi connectivity index (χ2n) is 8.66. The summed E-state index contributed by atoms with van der Waals surface area (Å²) in [6.07, 6.45) is 4.35. The Bertz CT molecular complexity index is 945. The molecule has 0 saturated carbocycles. The van der Waals surface area contributed by atoms with Crippen LogP contribution in [0.2, 0.25) is 0 Å². The maximum Gasteiger partial charge on any atom is 0.407 e. The molecule has 3 rings (SSSR count). The molecule has 0 radical (unpaired) electrons. The van der Waals surface area contributed by atoms with E-state index in [1.165, 1.54) is 6.42 Å². The van der Waals surface area contributed by atoms with Crippen molar-refractivity contribution in [2.45, 2.75) is 63.8 Å². The molecule has 0 aromatic heterocycles. The van der Waals surface area contributed by atoms with Crippen molar-refractivity contribution in [1.29, 1.82) is 0 Å². The maximum atomic E-state index is 12.6. The van der Waals surface area contributed by atoms with Gasteiger partial charge in [-0.3, -0.25) is 9.59 Å². The van der Waals surface area contributed by atoms with Gasteiger partial charge in [0.1, 0.15) is 12.6 Å². The lowest BCUT2D eigenvalue weighted by atomic mass is 9.98. The molecule has 2 amide bonds. The van der Waals surface area contributed by atoms with Gasteiger partial charge in [-0.25, -0.2) is 4.79 Å². The van der Waals surface area contributed by atoms with E-state index in [-0.39, 0.29) is 31.3 Å². The number of alkyl carbamates (subject to hydrolysis) is 1. The van der Waals surface area contributed by atoms with Crippen molar-refractivity contribution < 1.29 is 24.2 Å². The van der Waals surface area contributed by atoms with Gasteiger partial charge >= 0.3 is 12.1 Å². The number of unbranched alkanes of at least 4 members (excludes halogenated alkanes) is 4. The summed E-state index contributed by atoms with van der Waals surface area (Å²) in [5, 5.41) is 14.4. The minimum absolute atomic E-state index is 0.00119. The van der Waals surface area contributed by atoms with Crippen molar-refractivity contribution in [3.63, 3.8) is 0 Å². The minimum Gasteiger partial charge on any atom is -0.481 e. The highest BCUT2D eigenvalue weighted by molar-refractivity contribution is 5.86. The van der Waals surface area contributed by atoms with Gasteiger partial charge in [-0.2, -0.15) is 0 Å². The standard InChI is InChI=1S/C27H34N2O5/c1-2-3-4-5-10-17-28-26(32)24(15-16-25(30)31)29-27(33)34-18-23-21-13-8-6-11-19(21)20-12-7-9-14-22(20)23/h6-9,11-14,23-24H,2-5,10,15-18H2,1H3,(H,28,32)(H,29,33)(H,30,31)/t24-/m0/s1. The lowest BCUT2D eigenvalue weighted by Gasteiger charge is -2.19. The Morgan fingerprint density at radius 3 is 2.18 bits per heavy atom. The molecule has 0 bridgehead atoms. The van der Waals surface area contributed by atoms with Crippen LogP contribution in [0.4, 0.5) is 4.79 Å². The van der Waals surface area contributed by atoms with Crippen molar-refractivity contribution in [3.05, 3.63) is 59.7 Å². The van der Waals surface area contributed by atoms with E-state index in [1.807, 2.05) is 36.4 Å². The van der Waals surface area contributed by atoms with Crippen LogP contribution in [0, 0.1) is 0 Å². The van der Waals surface area contributed by atoms with Gasteiger partial charge in [0, 0.05) is 18.9 Å². The van der Waals surface area contributed by atoms with Crippen LogP contribution in [0.5, 0.6) is 0 Å². The molecule has 0 aliphatic heterocycles. The molecule has 34 heavy (non-hydrogen) atoms. The monoisotopic (exact) mass is 466 g/mol. The number of carbonyl (C=O) groups excluding carboxylic acids is 2. The Balaban J connectivity index is 1.56. The fourth-order valence-corrected chi connectivity index (χ4v) is 4.38. The van der Waals surface area contributed by atoms with Gasteiger partial charge < -0.3 is 20.5 Å². The summed E-state index contributed by atoms with van der Waals surface area (Å²) >= 11 is 0. The molecule has 0 saturated heterocycles. The van der Waals surface area contributed by atoms with Crippen LogP contribution >= 0.6 is 0 Å². The van der Waals surface area contributed by atoms with Crippen molar-refractivity contribution >= 4 is 18.0 Å². The normalized spacial score (nSPS) is 13.0. The number of ether oxygens (including phenoxy) is 1. The van der Waals surface area contributed by atoms with Crippen molar-refractivity contribution in [2.24, 2.45) is 0 Å². The van der Waals surface area contributed by atoms with Crippen LogP contribution in [0.25, 0.3) is 11.1 Å². The summed E-state index contributed by atoms with van der Waals surface area (Å²) < 4.78 is 5.52. The third-order valence-corrected chi connectivity index (χ3v) is 6.18. The van der Waals surface area contributed by atoms with Gasteiger partial charge in [-0.15, -0.1) is 0 Å². The second kappa shape index (κ2) is 12.8. The first-order valence-electron chi connectivity index (χ1n) is 12.1. The molecule has 1 aliphatic rings. The predicted molar refractivity (Wildman–Crippen MR) is 131 cm³/mol. The summed E-state index contributed by atoms with van der Waals surface area (Å²) in [5.74, 6) is -1.50. The van der Waals surface area contributed by atoms with Crippen LogP contribution in [-0.2, 0) is 14.3 Å².